The molecule has 1 aromatic carbocycles. The number of nitrogens with one attached hydrogen (secondary N) is 1. The van der Waals surface area contributed by atoms with Crippen molar-refractivity contribution in [2.24, 2.45) is 11.1 Å². The molecule has 0 bridgehead atoms. The van der Waals surface area contributed by atoms with Crippen molar-refractivity contribution in [3.63, 3.8) is 0 Å². The molecular weight excluding hydrogens is 411 g/mol. The van der Waals surface area contributed by atoms with Gasteiger partial charge in [0.15, 0.2) is 0 Å². The maximum Gasteiger partial charge on any atom is 0.251 e. The van der Waals surface area contributed by atoms with Gasteiger partial charge in [-0.1, -0.05) is 31.2 Å². The lowest BCUT2D eigenvalue weighted by Gasteiger charge is -2.26. The van der Waals surface area contributed by atoms with Gasteiger partial charge in [0.25, 0.3) is 5.91 Å². The summed E-state index contributed by atoms with van der Waals surface area (Å²) in [6.07, 6.45) is 4.70. The Hall–Kier alpha value is -2.15. The summed E-state index contributed by atoms with van der Waals surface area (Å²) in [4.78, 5) is 31.7. The van der Waals surface area contributed by atoms with Gasteiger partial charge in [-0.3, -0.25) is 14.6 Å². The van der Waals surface area contributed by atoms with Crippen molar-refractivity contribution in [3.05, 3.63) is 66.0 Å². The Morgan fingerprint density at radius 3 is 2.52 bits per heavy atom. The zero-order valence-electron chi connectivity index (χ0n) is 16.4. The predicted molar refractivity (Wildman–Crippen MR) is 118 cm³/mol. The molecule has 1 aromatic heterocycles. The molecule has 0 aliphatic carbocycles. The van der Waals surface area contributed by atoms with Gasteiger partial charge in [0.2, 0.25) is 5.91 Å². The summed E-state index contributed by atoms with van der Waals surface area (Å²) in [5.74, 6) is -0.320. The number of aromatic nitrogens is 1. The second-order valence-electron chi connectivity index (χ2n) is 7.48. The Bertz CT molecular complexity index is 792. The number of hydrogen-bond donors (Lipinski definition) is 2. The Kier molecular flexibility index (Phi) is 9.56. The van der Waals surface area contributed by atoms with Gasteiger partial charge >= 0.3 is 0 Å². The third kappa shape index (κ3) is 6.42. The Morgan fingerprint density at radius 2 is 1.93 bits per heavy atom. The van der Waals surface area contributed by atoms with E-state index in [-0.39, 0.29) is 42.0 Å². The highest BCUT2D eigenvalue weighted by Crippen LogP contribution is 2.29. The van der Waals surface area contributed by atoms with Crippen molar-refractivity contribution < 1.29 is 9.59 Å². The second-order valence-corrected chi connectivity index (χ2v) is 7.48. The topological polar surface area (TPSA) is 88.3 Å². The van der Waals surface area contributed by atoms with Gasteiger partial charge in [-0.15, -0.1) is 24.8 Å². The van der Waals surface area contributed by atoms with Crippen LogP contribution in [0.1, 0.15) is 29.3 Å². The molecule has 1 aliphatic rings. The highest BCUT2D eigenvalue weighted by molar-refractivity contribution is 5.97. The van der Waals surface area contributed by atoms with E-state index >= 15 is 0 Å². The van der Waals surface area contributed by atoms with Gasteiger partial charge < -0.3 is 16.0 Å². The Morgan fingerprint density at radius 1 is 1.21 bits per heavy atom. The second kappa shape index (κ2) is 11.1. The van der Waals surface area contributed by atoms with Crippen LogP contribution in [0.5, 0.6) is 0 Å². The van der Waals surface area contributed by atoms with E-state index in [2.05, 4.69) is 17.2 Å². The van der Waals surface area contributed by atoms with Crippen LogP contribution in [0, 0.1) is 5.41 Å². The molecule has 29 heavy (non-hydrogen) atoms. The summed E-state index contributed by atoms with van der Waals surface area (Å²) in [5, 5.41) is 2.91. The summed E-state index contributed by atoms with van der Waals surface area (Å²) in [6, 6.07) is 12.0. The number of nitrogens with two attached hydrogens (primary N) is 1. The van der Waals surface area contributed by atoms with Crippen molar-refractivity contribution in [1.29, 1.82) is 0 Å². The van der Waals surface area contributed by atoms with Crippen LogP contribution in [0.3, 0.4) is 0 Å². The molecule has 2 amide bonds. The number of amides is 2. The number of hydrogen-bond acceptors (Lipinski definition) is 4. The average Bonchev–Trinajstić information content (AvgIpc) is 3.11. The summed E-state index contributed by atoms with van der Waals surface area (Å²) < 4.78 is 0. The summed E-state index contributed by atoms with van der Waals surface area (Å²) in [6.45, 7) is 3.92. The molecule has 0 spiro atoms. The van der Waals surface area contributed by atoms with E-state index in [0.29, 0.717) is 31.6 Å². The summed E-state index contributed by atoms with van der Waals surface area (Å²) in [7, 11) is 0. The number of carbonyl (C=O) groups is 2. The fourth-order valence-corrected chi connectivity index (χ4v) is 3.38. The molecule has 0 radical (unpaired) electrons. The van der Waals surface area contributed by atoms with Crippen LogP contribution in [0.25, 0.3) is 0 Å². The quantitative estimate of drug-likeness (QED) is 0.724. The van der Waals surface area contributed by atoms with E-state index < -0.39 is 6.04 Å². The van der Waals surface area contributed by atoms with E-state index in [1.54, 1.807) is 36.7 Å². The monoisotopic (exact) mass is 438 g/mol. The standard InChI is InChI=1S/C21H26N4O2.2ClH/c1-21(14-22)9-11-25(15-21)20(27)18(12-16-6-5-10-23-13-16)24-19(26)17-7-3-2-4-8-17;;/h2-8,10,13,18H,9,11-12,14-15,22H2,1H3,(H,24,26);2*1H. The van der Waals surface area contributed by atoms with Gasteiger partial charge in [0, 0.05) is 37.5 Å². The fraction of sp³-hybridized carbons (Fsp3) is 0.381. The third-order valence-electron chi connectivity index (χ3n) is 5.16. The maximum atomic E-state index is 13.2. The van der Waals surface area contributed by atoms with Crippen molar-refractivity contribution >= 4 is 36.6 Å². The van der Waals surface area contributed by atoms with Crippen LogP contribution in [0.4, 0.5) is 0 Å². The molecule has 1 aliphatic heterocycles. The molecule has 3 N–H and O–H groups in total. The van der Waals surface area contributed by atoms with Gasteiger partial charge in [-0.05, 0) is 42.1 Å². The van der Waals surface area contributed by atoms with Crippen LogP contribution < -0.4 is 11.1 Å². The number of halogens is 2. The van der Waals surface area contributed by atoms with E-state index in [1.807, 2.05) is 23.1 Å². The molecule has 2 aromatic rings. The minimum absolute atomic E-state index is 0. The van der Waals surface area contributed by atoms with Gasteiger partial charge in [-0.2, -0.15) is 0 Å². The number of rotatable bonds is 6. The lowest BCUT2D eigenvalue weighted by Crippen LogP contribution is -2.49. The van der Waals surface area contributed by atoms with Crippen LogP contribution >= 0.6 is 24.8 Å². The lowest BCUT2D eigenvalue weighted by atomic mass is 9.90. The minimum atomic E-state index is -0.637. The Labute approximate surface area is 184 Å². The van der Waals surface area contributed by atoms with Crippen molar-refractivity contribution in [2.45, 2.75) is 25.8 Å². The zero-order valence-corrected chi connectivity index (χ0v) is 18.0. The normalized spacial score (nSPS) is 18.9. The van der Waals surface area contributed by atoms with Crippen molar-refractivity contribution in [2.75, 3.05) is 19.6 Å². The Balaban J connectivity index is 0.00000210. The smallest absolute Gasteiger partial charge is 0.251 e. The molecule has 8 heteroatoms. The largest absolute Gasteiger partial charge is 0.340 e. The van der Waals surface area contributed by atoms with Crippen LogP contribution in [0.15, 0.2) is 54.9 Å². The van der Waals surface area contributed by atoms with Gasteiger partial charge in [0.05, 0.1) is 0 Å². The maximum absolute atomic E-state index is 13.2. The first-order valence-electron chi connectivity index (χ1n) is 9.24. The van der Waals surface area contributed by atoms with Crippen LogP contribution in [0.2, 0.25) is 0 Å². The number of benzene rings is 1. The molecule has 3 rings (SSSR count). The molecule has 2 unspecified atom stereocenters. The first-order valence-corrected chi connectivity index (χ1v) is 9.24. The molecule has 0 saturated carbocycles. The van der Waals surface area contributed by atoms with Gasteiger partial charge in [-0.25, -0.2) is 0 Å². The summed E-state index contributed by atoms with van der Waals surface area (Å²) in [5.41, 5.74) is 7.26. The van der Waals surface area contributed by atoms with Crippen molar-refractivity contribution in [3.8, 4) is 0 Å². The molecule has 158 valence electrons. The first-order chi connectivity index (χ1) is 13.0. The highest BCUT2D eigenvalue weighted by Gasteiger charge is 2.37. The van der Waals surface area contributed by atoms with Crippen LogP contribution in [-0.2, 0) is 11.2 Å². The van der Waals surface area contributed by atoms with E-state index in [0.717, 1.165) is 12.0 Å². The molecule has 2 atom stereocenters. The zero-order chi connectivity index (χ0) is 19.3. The first kappa shape index (κ1) is 24.9. The number of nitrogens with zero attached hydrogens (tertiary/aromatic N) is 2. The molecule has 2 heterocycles. The van der Waals surface area contributed by atoms with Crippen LogP contribution in [-0.4, -0.2) is 47.4 Å². The summed E-state index contributed by atoms with van der Waals surface area (Å²) >= 11 is 0. The molecule has 6 nitrogen and oxygen atoms in total. The van der Waals surface area contributed by atoms with E-state index in [4.69, 9.17) is 5.73 Å². The number of carbonyl (C=O) groups excluding carboxylic acids is 2. The van der Waals surface area contributed by atoms with E-state index in [1.165, 1.54) is 0 Å². The molecule has 1 fully saturated rings. The predicted octanol–water partition coefficient (Wildman–Crippen LogP) is 2.46. The molecule has 1 saturated heterocycles. The van der Waals surface area contributed by atoms with Crippen molar-refractivity contribution in [1.82, 2.24) is 15.2 Å². The SMILES string of the molecule is CC1(CN)CCN(C(=O)C(Cc2cccnc2)NC(=O)c2ccccc2)C1.Cl.Cl. The van der Waals surface area contributed by atoms with E-state index in [9.17, 15) is 9.59 Å². The fourth-order valence-electron chi connectivity index (χ4n) is 3.38. The lowest BCUT2D eigenvalue weighted by molar-refractivity contribution is -0.132. The van der Waals surface area contributed by atoms with Gasteiger partial charge in [0.1, 0.15) is 6.04 Å². The third-order valence-corrected chi connectivity index (χ3v) is 5.16. The average molecular weight is 439 g/mol. The minimum Gasteiger partial charge on any atom is -0.340 e. The highest BCUT2D eigenvalue weighted by atomic mass is 35.5. The molecular formula is C21H28Cl2N4O2. The number of pyridine rings is 1. The number of likely N-dealkylation sites (tertiary alicyclic amines) is 1.